The molecule has 4 nitrogen and oxygen atoms in total. The SMILES string of the molecule is CC(C)(C)c1ccc(NC(=O)c2ccccc2S(C)(=O)=O)cc1. The molecule has 0 aliphatic carbocycles. The number of hydrogen-bond acceptors (Lipinski definition) is 3. The van der Waals surface area contributed by atoms with Gasteiger partial charge in [0.05, 0.1) is 10.5 Å². The Hall–Kier alpha value is -2.14. The van der Waals surface area contributed by atoms with E-state index in [-0.39, 0.29) is 15.9 Å². The van der Waals surface area contributed by atoms with E-state index >= 15 is 0 Å². The predicted molar refractivity (Wildman–Crippen MR) is 92.6 cm³/mol. The molecule has 2 aromatic carbocycles. The molecule has 2 aromatic rings. The summed E-state index contributed by atoms with van der Waals surface area (Å²) in [6.45, 7) is 6.34. The zero-order valence-corrected chi connectivity index (χ0v) is 14.6. The van der Waals surface area contributed by atoms with Crippen LogP contribution in [0.1, 0.15) is 36.7 Å². The molecule has 0 saturated heterocycles. The highest BCUT2D eigenvalue weighted by atomic mass is 32.2. The third-order valence-corrected chi connectivity index (χ3v) is 4.69. The minimum atomic E-state index is -3.46. The molecular weight excluding hydrogens is 310 g/mol. The standard InChI is InChI=1S/C18H21NO3S/c1-18(2,3)13-9-11-14(12-10-13)19-17(20)15-7-5-6-8-16(15)23(4,21)22/h5-12H,1-4H3,(H,19,20). The average molecular weight is 331 g/mol. The van der Waals surface area contributed by atoms with Gasteiger partial charge in [0.15, 0.2) is 9.84 Å². The van der Waals surface area contributed by atoms with Gasteiger partial charge in [0.25, 0.3) is 5.91 Å². The van der Waals surface area contributed by atoms with Gasteiger partial charge in [0.2, 0.25) is 0 Å². The Morgan fingerprint density at radius 3 is 2.04 bits per heavy atom. The lowest BCUT2D eigenvalue weighted by Crippen LogP contribution is -2.16. The molecule has 1 N–H and O–H groups in total. The van der Waals surface area contributed by atoms with Crippen LogP contribution in [-0.4, -0.2) is 20.6 Å². The fourth-order valence-corrected chi connectivity index (χ4v) is 3.12. The third-order valence-electron chi connectivity index (χ3n) is 3.54. The van der Waals surface area contributed by atoms with Crippen LogP contribution in [0.2, 0.25) is 0 Å². The number of anilines is 1. The molecule has 0 bridgehead atoms. The van der Waals surface area contributed by atoms with Crippen LogP contribution in [0, 0.1) is 0 Å². The van der Waals surface area contributed by atoms with E-state index in [0.717, 1.165) is 11.8 Å². The highest BCUT2D eigenvalue weighted by Gasteiger charge is 2.18. The van der Waals surface area contributed by atoms with Crippen molar-refractivity contribution in [2.24, 2.45) is 0 Å². The summed E-state index contributed by atoms with van der Waals surface area (Å²) < 4.78 is 23.6. The highest BCUT2D eigenvalue weighted by Crippen LogP contribution is 2.24. The molecule has 0 saturated carbocycles. The van der Waals surface area contributed by atoms with Gasteiger partial charge in [0, 0.05) is 11.9 Å². The average Bonchev–Trinajstić information content (AvgIpc) is 2.46. The number of nitrogens with one attached hydrogen (secondary N) is 1. The first-order valence-corrected chi connectivity index (χ1v) is 9.19. The summed E-state index contributed by atoms with van der Waals surface area (Å²) >= 11 is 0. The Balaban J connectivity index is 2.27. The lowest BCUT2D eigenvalue weighted by molar-refractivity contribution is 0.102. The van der Waals surface area contributed by atoms with Crippen LogP contribution in [-0.2, 0) is 15.3 Å². The smallest absolute Gasteiger partial charge is 0.256 e. The van der Waals surface area contributed by atoms with Gasteiger partial charge in [-0.1, -0.05) is 45.0 Å². The van der Waals surface area contributed by atoms with Gasteiger partial charge in [0.1, 0.15) is 0 Å². The van der Waals surface area contributed by atoms with E-state index in [1.165, 1.54) is 12.1 Å². The van der Waals surface area contributed by atoms with Crippen molar-refractivity contribution in [1.82, 2.24) is 0 Å². The molecule has 122 valence electrons. The van der Waals surface area contributed by atoms with Crippen LogP contribution >= 0.6 is 0 Å². The Kier molecular flexibility index (Phi) is 4.61. The van der Waals surface area contributed by atoms with E-state index in [9.17, 15) is 13.2 Å². The maximum absolute atomic E-state index is 12.4. The summed E-state index contributed by atoms with van der Waals surface area (Å²) in [7, 11) is -3.46. The highest BCUT2D eigenvalue weighted by molar-refractivity contribution is 7.90. The van der Waals surface area contributed by atoms with Crippen LogP contribution in [0.4, 0.5) is 5.69 Å². The normalized spacial score (nSPS) is 12.0. The number of carbonyl (C=O) groups excluding carboxylic acids is 1. The quantitative estimate of drug-likeness (QED) is 0.934. The van der Waals surface area contributed by atoms with Crippen LogP contribution in [0.3, 0.4) is 0 Å². The number of benzene rings is 2. The van der Waals surface area contributed by atoms with E-state index in [1.807, 2.05) is 24.3 Å². The first kappa shape index (κ1) is 17.2. The summed E-state index contributed by atoms with van der Waals surface area (Å²) in [5, 5.41) is 2.75. The van der Waals surface area contributed by atoms with Crippen molar-refractivity contribution in [3.8, 4) is 0 Å². The number of hydrogen-bond donors (Lipinski definition) is 1. The van der Waals surface area contributed by atoms with Crippen molar-refractivity contribution >= 4 is 21.4 Å². The number of carbonyl (C=O) groups is 1. The van der Waals surface area contributed by atoms with Gasteiger partial charge in [-0.05, 0) is 35.2 Å². The molecule has 0 atom stereocenters. The van der Waals surface area contributed by atoms with Crippen LogP contribution < -0.4 is 5.32 Å². The molecule has 0 fully saturated rings. The van der Waals surface area contributed by atoms with Crippen LogP contribution in [0.5, 0.6) is 0 Å². The van der Waals surface area contributed by atoms with E-state index in [1.54, 1.807) is 12.1 Å². The maximum atomic E-state index is 12.4. The van der Waals surface area contributed by atoms with Gasteiger partial charge >= 0.3 is 0 Å². The van der Waals surface area contributed by atoms with Crippen molar-refractivity contribution in [2.45, 2.75) is 31.1 Å². The molecule has 2 rings (SSSR count). The third kappa shape index (κ3) is 4.20. The summed E-state index contributed by atoms with van der Waals surface area (Å²) in [4.78, 5) is 12.4. The molecule has 1 amide bonds. The van der Waals surface area contributed by atoms with Crippen molar-refractivity contribution in [3.05, 3.63) is 59.7 Å². The van der Waals surface area contributed by atoms with Gasteiger partial charge < -0.3 is 5.32 Å². The maximum Gasteiger partial charge on any atom is 0.256 e. The Labute approximate surface area is 137 Å². The number of sulfone groups is 1. The number of amides is 1. The molecule has 5 heteroatoms. The molecule has 0 heterocycles. The Bertz CT molecular complexity index is 816. The fourth-order valence-electron chi connectivity index (χ4n) is 2.23. The molecule has 0 unspecified atom stereocenters. The predicted octanol–water partition coefficient (Wildman–Crippen LogP) is 3.64. The van der Waals surface area contributed by atoms with Crippen molar-refractivity contribution < 1.29 is 13.2 Å². The number of rotatable bonds is 3. The van der Waals surface area contributed by atoms with Gasteiger partial charge in [-0.3, -0.25) is 4.79 Å². The molecule has 0 aliphatic rings. The summed E-state index contributed by atoms with van der Waals surface area (Å²) in [6, 6.07) is 13.7. The molecule has 0 spiro atoms. The minimum Gasteiger partial charge on any atom is -0.322 e. The Morgan fingerprint density at radius 2 is 1.52 bits per heavy atom. The van der Waals surface area contributed by atoms with E-state index in [4.69, 9.17) is 0 Å². The topological polar surface area (TPSA) is 63.2 Å². The molecule has 23 heavy (non-hydrogen) atoms. The second-order valence-electron chi connectivity index (χ2n) is 6.55. The van der Waals surface area contributed by atoms with Crippen molar-refractivity contribution in [3.63, 3.8) is 0 Å². The van der Waals surface area contributed by atoms with Gasteiger partial charge in [-0.2, -0.15) is 0 Å². The monoisotopic (exact) mass is 331 g/mol. The van der Waals surface area contributed by atoms with Gasteiger partial charge in [-0.25, -0.2) is 8.42 Å². The summed E-state index contributed by atoms with van der Waals surface area (Å²) in [5.41, 5.74) is 1.97. The van der Waals surface area contributed by atoms with Crippen LogP contribution in [0.25, 0.3) is 0 Å². The van der Waals surface area contributed by atoms with E-state index < -0.39 is 15.7 Å². The molecule has 0 aromatic heterocycles. The summed E-state index contributed by atoms with van der Waals surface area (Å²) in [6.07, 6.45) is 1.09. The fraction of sp³-hybridized carbons (Fsp3) is 0.278. The largest absolute Gasteiger partial charge is 0.322 e. The van der Waals surface area contributed by atoms with Gasteiger partial charge in [-0.15, -0.1) is 0 Å². The Morgan fingerprint density at radius 1 is 0.957 bits per heavy atom. The van der Waals surface area contributed by atoms with Crippen molar-refractivity contribution in [1.29, 1.82) is 0 Å². The minimum absolute atomic E-state index is 0.0313. The lowest BCUT2D eigenvalue weighted by atomic mass is 9.87. The van der Waals surface area contributed by atoms with E-state index in [2.05, 4.69) is 26.1 Å². The second kappa shape index (κ2) is 6.16. The molecule has 0 radical (unpaired) electrons. The first-order chi connectivity index (χ1) is 10.6. The van der Waals surface area contributed by atoms with Crippen LogP contribution in [0.15, 0.2) is 53.4 Å². The molecular formula is C18H21NO3S. The molecule has 0 aliphatic heterocycles. The summed E-state index contributed by atoms with van der Waals surface area (Å²) in [5.74, 6) is -0.436. The first-order valence-electron chi connectivity index (χ1n) is 7.30. The second-order valence-corrected chi connectivity index (χ2v) is 8.53. The zero-order chi connectivity index (χ0) is 17.3. The van der Waals surface area contributed by atoms with E-state index in [0.29, 0.717) is 5.69 Å². The lowest BCUT2D eigenvalue weighted by Gasteiger charge is -2.19. The zero-order valence-electron chi connectivity index (χ0n) is 13.8. The van der Waals surface area contributed by atoms with Crippen molar-refractivity contribution in [2.75, 3.05) is 11.6 Å².